The number of carbonyl (C=O) groups is 5. The molecule has 182 valence electrons. The monoisotopic (exact) mass is 493 g/mol. The fourth-order valence-corrected chi connectivity index (χ4v) is 6.24. The molecule has 4 rings (SSSR count). The Morgan fingerprint density at radius 1 is 1.18 bits per heavy atom. The van der Waals surface area contributed by atoms with Crippen molar-refractivity contribution in [1.29, 1.82) is 0 Å². The minimum absolute atomic E-state index is 0.0408. The fourth-order valence-electron chi connectivity index (χ4n) is 6.03. The summed E-state index contributed by atoms with van der Waals surface area (Å²) in [6.07, 6.45) is -1.70. The number of hydrogen-bond acceptors (Lipinski definition) is 10. The van der Waals surface area contributed by atoms with Gasteiger partial charge in [0.2, 0.25) is 5.91 Å². The van der Waals surface area contributed by atoms with Crippen LogP contribution in [0.2, 0.25) is 5.02 Å². The van der Waals surface area contributed by atoms with Gasteiger partial charge >= 0.3 is 0 Å². The maximum Gasteiger partial charge on any atom is 0.235 e. The van der Waals surface area contributed by atoms with Gasteiger partial charge in [0.05, 0.1) is 40.3 Å². The zero-order chi connectivity index (χ0) is 25.6. The number of aliphatic hydroxyl groups is 2. The number of aliphatic hydroxyl groups excluding tert-OH is 1. The highest BCUT2D eigenvalue weighted by Crippen LogP contribution is 2.55. The Bertz CT molecular complexity index is 1180. The van der Waals surface area contributed by atoms with Crippen LogP contribution in [0.15, 0.2) is 6.07 Å². The summed E-state index contributed by atoms with van der Waals surface area (Å²) in [5, 5.41) is 33.4. The lowest BCUT2D eigenvalue weighted by molar-refractivity contribution is -0.196. The molecule has 34 heavy (non-hydrogen) atoms. The van der Waals surface area contributed by atoms with E-state index in [2.05, 4.69) is 0 Å². The second-order valence-electron chi connectivity index (χ2n) is 9.45. The highest BCUT2D eigenvalue weighted by molar-refractivity contribution is 6.35. The van der Waals surface area contributed by atoms with Crippen LogP contribution in [0, 0.1) is 23.7 Å². The van der Waals surface area contributed by atoms with Crippen molar-refractivity contribution in [2.75, 3.05) is 19.8 Å². The van der Waals surface area contributed by atoms with Gasteiger partial charge in [-0.25, -0.2) is 0 Å². The van der Waals surface area contributed by atoms with E-state index >= 15 is 0 Å². The Kier molecular flexibility index (Phi) is 5.40. The van der Waals surface area contributed by atoms with Crippen LogP contribution in [0.25, 0.3) is 0 Å². The highest BCUT2D eigenvalue weighted by Gasteiger charge is 2.72. The highest BCUT2D eigenvalue weighted by atomic mass is 35.5. The number of benzene rings is 1. The number of nitrogens with zero attached hydrogens (tertiary/aromatic N) is 1. The number of hydrogen-bond donors (Lipinski definition) is 5. The summed E-state index contributed by atoms with van der Waals surface area (Å²) < 4.78 is 0. The molecule has 1 aromatic rings. The number of aromatic hydroxyl groups is 1. The number of phenols is 1. The fraction of sp³-hybridized carbons (Fsp3) is 0.500. The SMILES string of the molecule is C[C@@H]1c2cc(Cl)c(N)c(O)c2C(=O)C2C(=O)[C@@]3(O)C(=O)C(C(N)=O)C(=O)[C@H](N(C)C)[C@H]3[C@H](O)[C@H]21. The Labute approximate surface area is 198 Å². The Balaban J connectivity index is 1.98. The van der Waals surface area contributed by atoms with E-state index in [4.69, 9.17) is 23.1 Å². The predicted molar refractivity (Wildman–Crippen MR) is 117 cm³/mol. The van der Waals surface area contributed by atoms with Crippen molar-refractivity contribution in [1.82, 2.24) is 4.90 Å². The molecule has 0 aromatic heterocycles. The van der Waals surface area contributed by atoms with Gasteiger partial charge in [0, 0.05) is 5.92 Å². The van der Waals surface area contributed by atoms with Crippen LogP contribution in [-0.4, -0.2) is 81.1 Å². The molecular weight excluding hydrogens is 470 g/mol. The first-order valence-electron chi connectivity index (χ1n) is 10.5. The minimum Gasteiger partial charge on any atom is -0.505 e. The number of fused-ring (bicyclic) bond motifs is 3. The molecule has 0 radical (unpaired) electrons. The van der Waals surface area contributed by atoms with Crippen LogP contribution in [0.4, 0.5) is 5.69 Å². The molecule has 1 aromatic carbocycles. The zero-order valence-corrected chi connectivity index (χ0v) is 19.2. The topological polar surface area (TPSA) is 201 Å². The molecule has 0 heterocycles. The van der Waals surface area contributed by atoms with Gasteiger partial charge in [-0.2, -0.15) is 0 Å². The molecule has 0 saturated heterocycles. The second-order valence-corrected chi connectivity index (χ2v) is 9.86. The van der Waals surface area contributed by atoms with Gasteiger partial charge in [0.15, 0.2) is 40.4 Å². The summed E-state index contributed by atoms with van der Waals surface area (Å²) in [7, 11) is 2.84. The number of nitrogens with two attached hydrogens (primary N) is 2. The quantitative estimate of drug-likeness (QED) is 0.186. The number of ketones is 4. The summed E-state index contributed by atoms with van der Waals surface area (Å²) in [6.45, 7) is 1.58. The number of amides is 1. The van der Waals surface area contributed by atoms with Crippen LogP contribution in [0.3, 0.4) is 0 Å². The van der Waals surface area contributed by atoms with Crippen LogP contribution in [-0.2, 0) is 19.2 Å². The van der Waals surface area contributed by atoms with Gasteiger partial charge in [0.1, 0.15) is 0 Å². The summed E-state index contributed by atoms with van der Waals surface area (Å²) >= 11 is 6.08. The molecular formula is C22H24ClN3O8. The molecule has 3 aliphatic carbocycles. The van der Waals surface area contributed by atoms with Crippen LogP contribution in [0.1, 0.15) is 28.8 Å². The van der Waals surface area contributed by atoms with E-state index in [0.717, 1.165) is 0 Å². The van der Waals surface area contributed by atoms with E-state index in [9.17, 15) is 39.3 Å². The van der Waals surface area contributed by atoms with Crippen LogP contribution >= 0.6 is 11.6 Å². The molecule has 2 fully saturated rings. The van der Waals surface area contributed by atoms with Crippen molar-refractivity contribution < 1.29 is 39.3 Å². The minimum atomic E-state index is -3.04. The number of primary amides is 1. The van der Waals surface area contributed by atoms with E-state index in [1.165, 1.54) is 25.1 Å². The third-order valence-corrected chi connectivity index (χ3v) is 7.91. The predicted octanol–water partition coefficient (Wildman–Crippen LogP) is -1.37. The summed E-state index contributed by atoms with van der Waals surface area (Å²) in [4.78, 5) is 66.7. The van der Waals surface area contributed by atoms with E-state index in [1.807, 2.05) is 0 Å². The summed E-state index contributed by atoms with van der Waals surface area (Å²) in [5.41, 5.74) is 7.61. The lowest BCUT2D eigenvalue weighted by Crippen LogP contribution is -2.77. The van der Waals surface area contributed by atoms with Crippen molar-refractivity contribution in [2.45, 2.75) is 30.6 Å². The van der Waals surface area contributed by atoms with Crippen molar-refractivity contribution in [3.63, 3.8) is 0 Å². The van der Waals surface area contributed by atoms with Gasteiger partial charge in [-0.05, 0) is 31.6 Å². The number of carbonyl (C=O) groups excluding carboxylic acids is 5. The molecule has 0 aliphatic heterocycles. The first kappa shape index (κ1) is 24.3. The number of anilines is 1. The van der Waals surface area contributed by atoms with Gasteiger partial charge < -0.3 is 26.8 Å². The third-order valence-electron chi connectivity index (χ3n) is 7.60. The van der Waals surface area contributed by atoms with E-state index < -0.39 is 82.1 Å². The van der Waals surface area contributed by atoms with E-state index in [1.54, 1.807) is 6.92 Å². The van der Waals surface area contributed by atoms with Gasteiger partial charge in [-0.1, -0.05) is 18.5 Å². The average molecular weight is 494 g/mol. The number of halogens is 1. The molecule has 2 saturated carbocycles. The number of phenolic OH excluding ortho intramolecular Hbond substituents is 1. The molecule has 12 heteroatoms. The Morgan fingerprint density at radius 2 is 1.76 bits per heavy atom. The Morgan fingerprint density at radius 3 is 2.29 bits per heavy atom. The summed E-state index contributed by atoms with van der Waals surface area (Å²) in [6, 6.07) is -0.0703. The number of nitrogen functional groups attached to an aromatic ring is 1. The van der Waals surface area contributed by atoms with Gasteiger partial charge in [-0.15, -0.1) is 0 Å². The lowest BCUT2D eigenvalue weighted by atomic mass is 9.49. The molecule has 0 bridgehead atoms. The smallest absolute Gasteiger partial charge is 0.235 e. The molecule has 1 amide bonds. The third kappa shape index (κ3) is 2.78. The standard InChI is InChI=1S/C22H24ClN3O8/c1-5-6-4-7(23)13(24)17(29)9(6)15(27)10-8(5)16(28)12-14(26(2)3)18(30)11(21(25)33)20(32)22(12,34)19(10)31/h4-5,8,10-12,14,16,28-29,34H,24H2,1-3H3,(H2,25,33)/t5-,8+,10?,11?,12+,14-,16-,22-/m1/s1. The zero-order valence-electron chi connectivity index (χ0n) is 18.5. The normalized spacial score (nSPS) is 37.3. The van der Waals surface area contributed by atoms with Crippen molar-refractivity contribution in [2.24, 2.45) is 29.4 Å². The lowest BCUT2D eigenvalue weighted by Gasteiger charge is -2.56. The average Bonchev–Trinajstić information content (AvgIpc) is 2.74. The number of Topliss-reactive ketones (excluding diaryl/α,β-unsaturated/α-hetero) is 4. The molecule has 0 spiro atoms. The Hall–Kier alpha value is -2.86. The molecule has 2 unspecified atom stereocenters. The molecule has 11 nitrogen and oxygen atoms in total. The first-order valence-corrected chi connectivity index (χ1v) is 10.9. The van der Waals surface area contributed by atoms with E-state index in [-0.39, 0.29) is 21.8 Å². The molecule has 7 N–H and O–H groups in total. The van der Waals surface area contributed by atoms with E-state index in [0.29, 0.717) is 0 Å². The van der Waals surface area contributed by atoms with Crippen molar-refractivity contribution >= 4 is 46.3 Å². The van der Waals surface area contributed by atoms with Gasteiger partial charge in [0.25, 0.3) is 0 Å². The van der Waals surface area contributed by atoms with Gasteiger partial charge in [-0.3, -0.25) is 28.9 Å². The number of likely N-dealkylation sites (N-methyl/N-ethyl adjacent to an activating group) is 1. The van der Waals surface area contributed by atoms with Crippen molar-refractivity contribution in [3.05, 3.63) is 22.2 Å². The molecule has 8 atom stereocenters. The largest absolute Gasteiger partial charge is 0.505 e. The number of rotatable bonds is 2. The van der Waals surface area contributed by atoms with Crippen LogP contribution < -0.4 is 11.5 Å². The van der Waals surface area contributed by atoms with Crippen molar-refractivity contribution in [3.8, 4) is 5.75 Å². The van der Waals surface area contributed by atoms with Crippen LogP contribution in [0.5, 0.6) is 5.75 Å². The first-order chi connectivity index (χ1) is 15.7. The maximum atomic E-state index is 13.7. The maximum absolute atomic E-state index is 13.7. The summed E-state index contributed by atoms with van der Waals surface area (Å²) in [5.74, 6) is -14.1. The molecule has 3 aliphatic rings. The second kappa shape index (κ2) is 7.57.